The van der Waals surface area contributed by atoms with Gasteiger partial charge in [-0.15, -0.1) is 0 Å². The minimum atomic E-state index is -0.834. The maximum atomic E-state index is 13.1. The molecule has 1 heteroatoms. The Labute approximate surface area is 54.8 Å². The summed E-state index contributed by atoms with van der Waals surface area (Å²) in [6, 6.07) is 0. The van der Waals surface area contributed by atoms with Gasteiger partial charge in [-0.2, -0.15) is 0 Å². The van der Waals surface area contributed by atoms with Gasteiger partial charge in [0.2, 0.25) is 0 Å². The predicted molar refractivity (Wildman–Crippen MR) is 34.9 cm³/mol. The van der Waals surface area contributed by atoms with Crippen molar-refractivity contribution in [1.29, 1.82) is 0 Å². The first kappa shape index (κ1) is 5.45. The fourth-order valence-corrected chi connectivity index (χ4v) is 2.14. The molecule has 0 radical (unpaired) electrons. The second-order valence-electron chi connectivity index (χ2n) is 3.42. The lowest BCUT2D eigenvalue weighted by Crippen LogP contribution is -2.00. The minimum Gasteiger partial charge on any atom is -0.243 e. The summed E-state index contributed by atoms with van der Waals surface area (Å²) < 4.78 is 13.1. The van der Waals surface area contributed by atoms with Crippen molar-refractivity contribution in [2.45, 2.75) is 25.9 Å². The highest BCUT2D eigenvalue weighted by molar-refractivity contribution is 5.31. The van der Waals surface area contributed by atoms with Crippen LogP contribution in [-0.4, -0.2) is 5.67 Å². The number of alkyl halides is 1. The summed E-state index contributed by atoms with van der Waals surface area (Å²) in [6.45, 7) is 3.76. The minimum absolute atomic E-state index is 0.289. The monoisotopic (exact) mass is 126 g/mol. The quantitative estimate of drug-likeness (QED) is 0.437. The molecule has 3 atom stereocenters. The van der Waals surface area contributed by atoms with Gasteiger partial charge in [-0.25, -0.2) is 4.39 Å². The summed E-state index contributed by atoms with van der Waals surface area (Å²) in [5, 5.41) is 0. The molecule has 2 aliphatic carbocycles. The molecule has 1 saturated carbocycles. The highest BCUT2D eigenvalue weighted by Crippen LogP contribution is 2.62. The van der Waals surface area contributed by atoms with Crippen LogP contribution < -0.4 is 0 Å². The molecule has 50 valence electrons. The number of fused-ring (bicyclic) bond motifs is 1. The number of halogens is 1. The smallest absolute Gasteiger partial charge is 0.118 e. The predicted octanol–water partition coefficient (Wildman–Crippen LogP) is 2.31. The van der Waals surface area contributed by atoms with Crippen LogP contribution in [0.1, 0.15) is 20.3 Å². The number of rotatable bonds is 0. The van der Waals surface area contributed by atoms with Crippen LogP contribution in [0.25, 0.3) is 0 Å². The average Bonchev–Trinajstić information content (AvgIpc) is 2.19. The molecule has 0 bridgehead atoms. The van der Waals surface area contributed by atoms with Crippen molar-refractivity contribution in [2.24, 2.45) is 11.8 Å². The summed E-state index contributed by atoms with van der Waals surface area (Å²) in [5.74, 6) is 0.634. The molecule has 0 N–H and O–H groups in total. The van der Waals surface area contributed by atoms with Crippen molar-refractivity contribution >= 4 is 0 Å². The molecule has 0 aromatic rings. The van der Waals surface area contributed by atoms with Gasteiger partial charge in [-0.1, -0.05) is 11.6 Å². The second kappa shape index (κ2) is 1.23. The van der Waals surface area contributed by atoms with E-state index in [2.05, 4.69) is 6.08 Å². The first-order chi connectivity index (χ1) is 4.14. The molecule has 0 aromatic carbocycles. The highest BCUT2D eigenvalue weighted by Gasteiger charge is 2.64. The number of hydrogen-bond acceptors (Lipinski definition) is 0. The maximum Gasteiger partial charge on any atom is 0.118 e. The topological polar surface area (TPSA) is 0 Å². The Morgan fingerprint density at radius 2 is 2.44 bits per heavy atom. The molecule has 1 fully saturated rings. The molecule has 9 heavy (non-hydrogen) atoms. The lowest BCUT2D eigenvalue weighted by atomic mass is 10.1. The molecule has 2 aliphatic rings. The molecule has 0 saturated heterocycles. The first-order valence-electron chi connectivity index (χ1n) is 3.49. The van der Waals surface area contributed by atoms with Crippen LogP contribution in [0, 0.1) is 11.8 Å². The van der Waals surface area contributed by atoms with Gasteiger partial charge in [0.1, 0.15) is 5.67 Å². The lowest BCUT2D eigenvalue weighted by molar-refractivity contribution is 0.293. The van der Waals surface area contributed by atoms with Gasteiger partial charge < -0.3 is 0 Å². The number of allylic oxidation sites excluding steroid dienone is 2. The standard InChI is InChI=1S/C8H11F/c1-5-3-4-6-7(5)8(6,2)9/h3,6-7H,4H2,1-2H3/t6-,7+,8-/m1/s1. The van der Waals surface area contributed by atoms with E-state index in [1.807, 2.05) is 6.92 Å². The van der Waals surface area contributed by atoms with Crippen molar-refractivity contribution in [2.75, 3.05) is 0 Å². The second-order valence-corrected chi connectivity index (χ2v) is 3.42. The fraction of sp³-hybridized carbons (Fsp3) is 0.750. The Morgan fingerprint density at radius 1 is 1.78 bits per heavy atom. The fourth-order valence-electron chi connectivity index (χ4n) is 2.14. The Morgan fingerprint density at radius 3 is 2.67 bits per heavy atom. The number of hydrogen-bond donors (Lipinski definition) is 0. The molecule has 0 nitrogen and oxygen atoms in total. The van der Waals surface area contributed by atoms with Crippen LogP contribution in [0.2, 0.25) is 0 Å². The van der Waals surface area contributed by atoms with E-state index in [-0.39, 0.29) is 5.92 Å². The van der Waals surface area contributed by atoms with Gasteiger partial charge in [0.25, 0.3) is 0 Å². The average molecular weight is 126 g/mol. The first-order valence-corrected chi connectivity index (χ1v) is 3.49. The van der Waals surface area contributed by atoms with Crippen LogP contribution in [0.4, 0.5) is 4.39 Å². The third kappa shape index (κ3) is 0.480. The van der Waals surface area contributed by atoms with Gasteiger partial charge in [-0.05, 0) is 20.3 Å². The van der Waals surface area contributed by atoms with Gasteiger partial charge in [-0.3, -0.25) is 0 Å². The van der Waals surface area contributed by atoms with Crippen LogP contribution in [0.5, 0.6) is 0 Å². The van der Waals surface area contributed by atoms with E-state index in [0.29, 0.717) is 5.92 Å². The summed E-state index contributed by atoms with van der Waals surface area (Å²) >= 11 is 0. The van der Waals surface area contributed by atoms with Crippen molar-refractivity contribution in [3.63, 3.8) is 0 Å². The molecule has 0 unspecified atom stereocenters. The summed E-state index contributed by atoms with van der Waals surface area (Å²) in [4.78, 5) is 0. The summed E-state index contributed by atoms with van der Waals surface area (Å²) in [5.41, 5.74) is 0.434. The van der Waals surface area contributed by atoms with E-state index in [9.17, 15) is 4.39 Å². The lowest BCUT2D eigenvalue weighted by Gasteiger charge is -2.00. The van der Waals surface area contributed by atoms with Gasteiger partial charge in [0.15, 0.2) is 0 Å². The van der Waals surface area contributed by atoms with E-state index in [1.165, 1.54) is 5.57 Å². The van der Waals surface area contributed by atoms with Crippen LogP contribution in [-0.2, 0) is 0 Å². The Kier molecular flexibility index (Phi) is 0.744. The summed E-state index contributed by atoms with van der Waals surface area (Å²) in [7, 11) is 0. The zero-order valence-electron chi connectivity index (χ0n) is 5.82. The van der Waals surface area contributed by atoms with Gasteiger partial charge >= 0.3 is 0 Å². The van der Waals surface area contributed by atoms with E-state index in [4.69, 9.17) is 0 Å². The molecule has 0 aliphatic heterocycles. The molecular formula is C8H11F. The third-order valence-electron chi connectivity index (χ3n) is 2.81. The van der Waals surface area contributed by atoms with Crippen LogP contribution in [0.15, 0.2) is 11.6 Å². The van der Waals surface area contributed by atoms with Gasteiger partial charge in [0.05, 0.1) is 0 Å². The zero-order valence-corrected chi connectivity index (χ0v) is 5.82. The molecule has 0 aromatic heterocycles. The van der Waals surface area contributed by atoms with Crippen molar-refractivity contribution in [1.82, 2.24) is 0 Å². The van der Waals surface area contributed by atoms with Crippen molar-refractivity contribution in [3.8, 4) is 0 Å². The molecule has 0 spiro atoms. The summed E-state index contributed by atoms with van der Waals surface area (Å²) in [6.07, 6.45) is 3.14. The van der Waals surface area contributed by atoms with Crippen LogP contribution >= 0.6 is 0 Å². The Balaban J connectivity index is 2.25. The van der Waals surface area contributed by atoms with E-state index >= 15 is 0 Å². The Bertz CT molecular complexity index is 179. The molecular weight excluding hydrogens is 115 g/mol. The third-order valence-corrected chi connectivity index (χ3v) is 2.81. The van der Waals surface area contributed by atoms with Crippen molar-refractivity contribution < 1.29 is 4.39 Å². The molecule has 0 amide bonds. The molecule has 0 heterocycles. The van der Waals surface area contributed by atoms with Gasteiger partial charge in [0, 0.05) is 11.8 Å². The van der Waals surface area contributed by atoms with Crippen LogP contribution in [0.3, 0.4) is 0 Å². The van der Waals surface area contributed by atoms with E-state index < -0.39 is 5.67 Å². The van der Waals surface area contributed by atoms with E-state index in [1.54, 1.807) is 6.92 Å². The highest BCUT2D eigenvalue weighted by atomic mass is 19.1. The van der Waals surface area contributed by atoms with Crippen molar-refractivity contribution in [3.05, 3.63) is 11.6 Å². The zero-order chi connectivity index (χ0) is 6.65. The largest absolute Gasteiger partial charge is 0.243 e. The maximum absolute atomic E-state index is 13.1. The van der Waals surface area contributed by atoms with E-state index in [0.717, 1.165) is 6.42 Å². The molecule has 2 rings (SSSR count). The Hall–Kier alpha value is -0.330. The SMILES string of the molecule is CC1=CC[C@@H]2[C@H]1[C@]2(C)F. The normalized spacial score (nSPS) is 54.8.